The lowest BCUT2D eigenvalue weighted by atomic mass is 10.3. The highest BCUT2D eigenvalue weighted by Gasteiger charge is 2.29. The predicted octanol–water partition coefficient (Wildman–Crippen LogP) is 2.23. The third-order valence-electron chi connectivity index (χ3n) is 1.84. The fraction of sp³-hybridized carbons (Fsp3) is 0.333. The number of nitrogen functional groups attached to an aromatic ring is 1. The van der Waals surface area contributed by atoms with Crippen LogP contribution in [-0.2, 0) is 14.6 Å². The van der Waals surface area contributed by atoms with E-state index in [1.165, 1.54) is 6.07 Å². The SMILES string of the molecule is Nc1ccc(S(=O)(=O)COCC(F)(F)F)cc1Cl. The van der Waals surface area contributed by atoms with Crippen LogP contribution in [0.25, 0.3) is 0 Å². The van der Waals surface area contributed by atoms with Crippen LogP contribution in [-0.4, -0.2) is 27.1 Å². The van der Waals surface area contributed by atoms with Gasteiger partial charge in [0, 0.05) is 0 Å². The van der Waals surface area contributed by atoms with Crippen molar-refractivity contribution in [2.24, 2.45) is 0 Å². The normalized spacial score (nSPS) is 12.7. The van der Waals surface area contributed by atoms with Crippen LogP contribution >= 0.6 is 11.6 Å². The van der Waals surface area contributed by atoms with Crippen LogP contribution in [0.5, 0.6) is 0 Å². The molecule has 0 unspecified atom stereocenters. The van der Waals surface area contributed by atoms with Gasteiger partial charge in [0.05, 0.1) is 15.6 Å². The number of halogens is 4. The Balaban J connectivity index is 2.77. The van der Waals surface area contributed by atoms with E-state index in [1.54, 1.807) is 0 Å². The minimum atomic E-state index is -4.58. The maximum atomic E-state index is 11.8. The van der Waals surface area contributed by atoms with E-state index in [-0.39, 0.29) is 15.6 Å². The van der Waals surface area contributed by atoms with Crippen molar-refractivity contribution in [2.75, 3.05) is 18.3 Å². The molecule has 18 heavy (non-hydrogen) atoms. The Labute approximate surface area is 106 Å². The second-order valence-electron chi connectivity index (χ2n) is 3.38. The largest absolute Gasteiger partial charge is 0.411 e. The number of hydrogen-bond donors (Lipinski definition) is 1. The van der Waals surface area contributed by atoms with Crippen LogP contribution in [0.4, 0.5) is 18.9 Å². The van der Waals surface area contributed by atoms with Gasteiger partial charge >= 0.3 is 6.18 Å². The van der Waals surface area contributed by atoms with Crippen LogP contribution in [0.2, 0.25) is 5.02 Å². The van der Waals surface area contributed by atoms with Crippen molar-refractivity contribution >= 4 is 27.1 Å². The number of benzene rings is 1. The molecule has 1 rings (SSSR count). The second-order valence-corrected chi connectivity index (χ2v) is 5.72. The number of anilines is 1. The van der Waals surface area contributed by atoms with Crippen LogP contribution < -0.4 is 5.73 Å². The van der Waals surface area contributed by atoms with Gasteiger partial charge in [0.2, 0.25) is 9.84 Å². The van der Waals surface area contributed by atoms with Gasteiger partial charge in [0.15, 0.2) is 5.94 Å². The lowest BCUT2D eigenvalue weighted by Crippen LogP contribution is -2.20. The van der Waals surface area contributed by atoms with Gasteiger partial charge in [-0.25, -0.2) is 8.42 Å². The molecule has 0 fully saturated rings. The predicted molar refractivity (Wildman–Crippen MR) is 59.9 cm³/mol. The minimum Gasteiger partial charge on any atom is -0.398 e. The van der Waals surface area contributed by atoms with Crippen molar-refractivity contribution in [2.45, 2.75) is 11.1 Å². The first-order valence-electron chi connectivity index (χ1n) is 4.54. The maximum absolute atomic E-state index is 11.8. The van der Waals surface area contributed by atoms with E-state index in [2.05, 4.69) is 4.74 Å². The molecule has 0 saturated heterocycles. The smallest absolute Gasteiger partial charge is 0.398 e. The van der Waals surface area contributed by atoms with Gasteiger partial charge in [-0.2, -0.15) is 13.2 Å². The molecule has 0 spiro atoms. The first-order valence-corrected chi connectivity index (χ1v) is 6.57. The summed E-state index contributed by atoms with van der Waals surface area (Å²) in [5, 5.41) is 0.00639. The Morgan fingerprint density at radius 2 is 1.94 bits per heavy atom. The van der Waals surface area contributed by atoms with Crippen LogP contribution in [0.1, 0.15) is 0 Å². The van der Waals surface area contributed by atoms with Crippen molar-refractivity contribution in [1.29, 1.82) is 0 Å². The molecule has 0 amide bonds. The molecule has 0 aromatic heterocycles. The zero-order valence-electron chi connectivity index (χ0n) is 8.87. The Kier molecular flexibility index (Phi) is 4.46. The summed E-state index contributed by atoms with van der Waals surface area (Å²) >= 11 is 5.62. The van der Waals surface area contributed by atoms with Crippen LogP contribution in [0, 0.1) is 0 Å². The summed E-state index contributed by atoms with van der Waals surface area (Å²) in [5.74, 6) is -1.08. The summed E-state index contributed by atoms with van der Waals surface area (Å²) < 4.78 is 62.7. The molecule has 1 aromatic carbocycles. The highest BCUT2D eigenvalue weighted by atomic mass is 35.5. The Bertz CT molecular complexity index is 530. The van der Waals surface area contributed by atoms with E-state index in [9.17, 15) is 21.6 Å². The first-order chi connectivity index (χ1) is 8.12. The molecule has 9 heteroatoms. The number of sulfone groups is 1. The number of nitrogens with two attached hydrogens (primary N) is 1. The monoisotopic (exact) mass is 303 g/mol. The maximum Gasteiger partial charge on any atom is 0.411 e. The van der Waals surface area contributed by atoms with Gasteiger partial charge in [-0.1, -0.05) is 11.6 Å². The van der Waals surface area contributed by atoms with E-state index >= 15 is 0 Å². The Morgan fingerprint density at radius 3 is 2.44 bits per heavy atom. The summed E-state index contributed by atoms with van der Waals surface area (Å²) in [6.45, 7) is -1.63. The van der Waals surface area contributed by atoms with Gasteiger partial charge in [-0.05, 0) is 18.2 Å². The van der Waals surface area contributed by atoms with Gasteiger partial charge in [0.25, 0.3) is 0 Å². The Morgan fingerprint density at radius 1 is 1.33 bits per heavy atom. The molecule has 0 aliphatic carbocycles. The first kappa shape index (κ1) is 15.1. The lowest BCUT2D eigenvalue weighted by Gasteiger charge is -2.09. The van der Waals surface area contributed by atoms with E-state index in [4.69, 9.17) is 17.3 Å². The van der Waals surface area contributed by atoms with Crippen LogP contribution in [0.3, 0.4) is 0 Å². The fourth-order valence-electron chi connectivity index (χ4n) is 1.04. The molecule has 1 aromatic rings. The molecule has 0 saturated carbocycles. The summed E-state index contributed by atoms with van der Waals surface area (Å²) in [4.78, 5) is -0.246. The molecular formula is C9H9ClF3NO3S. The average molecular weight is 304 g/mol. The molecular weight excluding hydrogens is 295 g/mol. The summed E-state index contributed by atoms with van der Waals surface area (Å²) in [6.07, 6.45) is -4.58. The quantitative estimate of drug-likeness (QED) is 0.866. The Hall–Kier alpha value is -0.990. The summed E-state index contributed by atoms with van der Waals surface area (Å²) in [7, 11) is -3.98. The average Bonchev–Trinajstić information content (AvgIpc) is 2.19. The standard InChI is InChI=1S/C9H9ClF3NO3S/c10-7-3-6(1-2-8(7)14)18(15,16)5-17-4-9(11,12)13/h1-3H,4-5,14H2. The van der Waals surface area contributed by atoms with E-state index < -0.39 is 28.6 Å². The molecule has 4 nitrogen and oxygen atoms in total. The number of ether oxygens (including phenoxy) is 1. The minimum absolute atomic E-state index is 0.00639. The number of rotatable bonds is 4. The van der Waals surface area contributed by atoms with E-state index in [1.807, 2.05) is 0 Å². The van der Waals surface area contributed by atoms with Gasteiger partial charge in [-0.3, -0.25) is 0 Å². The van der Waals surface area contributed by atoms with E-state index in [0.29, 0.717) is 0 Å². The second kappa shape index (κ2) is 5.33. The van der Waals surface area contributed by atoms with E-state index in [0.717, 1.165) is 12.1 Å². The zero-order chi connectivity index (χ0) is 14.0. The van der Waals surface area contributed by atoms with Gasteiger partial charge in [0.1, 0.15) is 6.61 Å². The topological polar surface area (TPSA) is 69.4 Å². The number of hydrogen-bond acceptors (Lipinski definition) is 4. The fourth-order valence-corrected chi connectivity index (χ4v) is 2.29. The summed E-state index contributed by atoms with van der Waals surface area (Å²) in [6, 6.07) is 3.45. The molecule has 0 atom stereocenters. The summed E-state index contributed by atoms with van der Waals surface area (Å²) in [5.41, 5.74) is 5.56. The third-order valence-corrected chi connectivity index (χ3v) is 3.61. The molecule has 0 radical (unpaired) electrons. The molecule has 102 valence electrons. The van der Waals surface area contributed by atoms with Crippen molar-refractivity contribution in [1.82, 2.24) is 0 Å². The van der Waals surface area contributed by atoms with Crippen molar-refractivity contribution in [3.8, 4) is 0 Å². The zero-order valence-corrected chi connectivity index (χ0v) is 10.4. The molecule has 0 heterocycles. The van der Waals surface area contributed by atoms with Gasteiger partial charge in [-0.15, -0.1) is 0 Å². The highest BCUT2D eigenvalue weighted by molar-refractivity contribution is 7.91. The highest BCUT2D eigenvalue weighted by Crippen LogP contribution is 2.23. The van der Waals surface area contributed by atoms with Crippen LogP contribution in [0.15, 0.2) is 23.1 Å². The molecule has 0 aliphatic heterocycles. The lowest BCUT2D eigenvalue weighted by molar-refractivity contribution is -0.169. The third kappa shape index (κ3) is 4.35. The van der Waals surface area contributed by atoms with Gasteiger partial charge < -0.3 is 10.5 Å². The molecule has 0 aliphatic rings. The molecule has 0 bridgehead atoms. The molecule has 2 N–H and O–H groups in total. The number of alkyl halides is 3. The van der Waals surface area contributed by atoms with Crippen molar-refractivity contribution in [3.63, 3.8) is 0 Å². The van der Waals surface area contributed by atoms with Crippen molar-refractivity contribution < 1.29 is 26.3 Å². The van der Waals surface area contributed by atoms with Crippen molar-refractivity contribution in [3.05, 3.63) is 23.2 Å².